The average Bonchev–Trinajstić information content (AvgIpc) is 3.14. The molecule has 0 N–H and O–H groups in total. The Kier molecular flexibility index (Phi) is 5.73. The van der Waals surface area contributed by atoms with E-state index in [9.17, 15) is 14.9 Å². The van der Waals surface area contributed by atoms with E-state index in [1.54, 1.807) is 14.0 Å². The maximum atomic E-state index is 12.5. The molecule has 1 aromatic carbocycles. The van der Waals surface area contributed by atoms with Crippen LogP contribution in [-0.2, 0) is 9.53 Å². The van der Waals surface area contributed by atoms with E-state index in [1.807, 2.05) is 30.3 Å². The van der Waals surface area contributed by atoms with E-state index in [0.717, 1.165) is 19.3 Å². The normalized spacial score (nSPS) is 15.5. The molecule has 1 amide bonds. The van der Waals surface area contributed by atoms with Crippen LogP contribution in [0, 0.1) is 18.3 Å². The number of likely N-dealkylation sites (N-methyl/N-ethyl adjacent to an activating group) is 1. The Morgan fingerprint density at radius 1 is 1.21 bits per heavy atom. The van der Waals surface area contributed by atoms with Crippen LogP contribution in [0.15, 0.2) is 30.3 Å². The third kappa shape index (κ3) is 3.88. The summed E-state index contributed by atoms with van der Waals surface area (Å²) >= 11 is 0. The number of benzene rings is 1. The Morgan fingerprint density at radius 2 is 1.89 bits per heavy atom. The van der Waals surface area contributed by atoms with E-state index in [-0.39, 0.29) is 5.69 Å². The molecule has 1 aliphatic carbocycles. The van der Waals surface area contributed by atoms with Crippen molar-refractivity contribution in [2.24, 2.45) is 0 Å². The Balaban J connectivity index is 1.65. The molecular formula is C20H23N5O3. The maximum Gasteiger partial charge on any atom is 0.361 e. The molecule has 0 aliphatic heterocycles. The summed E-state index contributed by atoms with van der Waals surface area (Å²) in [5.74, 6) is -1.11. The molecule has 1 aromatic heterocycles. The van der Waals surface area contributed by atoms with Crippen molar-refractivity contribution >= 4 is 11.9 Å². The quantitative estimate of drug-likeness (QED) is 0.737. The first-order valence-electron chi connectivity index (χ1n) is 9.31. The number of carbonyl (C=O) groups excluding carboxylic acids is 2. The number of amides is 1. The minimum atomic E-state index is -0.811. The average molecular weight is 381 g/mol. The van der Waals surface area contributed by atoms with Gasteiger partial charge in [-0.1, -0.05) is 37.5 Å². The summed E-state index contributed by atoms with van der Waals surface area (Å²) in [6.45, 7) is 1.22. The number of ether oxygens (including phenoxy) is 1. The minimum absolute atomic E-state index is 0.0620. The fourth-order valence-electron chi connectivity index (χ4n) is 3.43. The van der Waals surface area contributed by atoms with Gasteiger partial charge in [-0.25, -0.2) is 4.79 Å². The highest BCUT2D eigenvalue weighted by Crippen LogP contribution is 2.32. The van der Waals surface area contributed by atoms with E-state index in [2.05, 4.69) is 16.3 Å². The van der Waals surface area contributed by atoms with Crippen molar-refractivity contribution in [1.82, 2.24) is 19.9 Å². The van der Waals surface area contributed by atoms with Gasteiger partial charge in [0, 0.05) is 7.05 Å². The molecule has 0 atom stereocenters. The predicted molar refractivity (Wildman–Crippen MR) is 101 cm³/mol. The van der Waals surface area contributed by atoms with E-state index in [0.29, 0.717) is 24.2 Å². The molecule has 1 saturated carbocycles. The van der Waals surface area contributed by atoms with Gasteiger partial charge in [0.25, 0.3) is 5.91 Å². The van der Waals surface area contributed by atoms with E-state index in [1.165, 1.54) is 9.70 Å². The Hall–Kier alpha value is -3.21. The van der Waals surface area contributed by atoms with Gasteiger partial charge < -0.3 is 9.64 Å². The second kappa shape index (κ2) is 8.21. The van der Waals surface area contributed by atoms with Gasteiger partial charge in [-0.05, 0) is 31.9 Å². The zero-order valence-corrected chi connectivity index (χ0v) is 16.1. The molecule has 3 rings (SSSR count). The number of aryl methyl sites for hydroxylation is 1. The number of esters is 1. The second-order valence-corrected chi connectivity index (χ2v) is 6.99. The third-order valence-corrected chi connectivity index (χ3v) is 5.19. The maximum absolute atomic E-state index is 12.5. The zero-order valence-electron chi connectivity index (χ0n) is 16.1. The first-order valence-corrected chi connectivity index (χ1v) is 9.31. The summed E-state index contributed by atoms with van der Waals surface area (Å²) < 4.78 is 5.17. The largest absolute Gasteiger partial charge is 0.451 e. The van der Waals surface area contributed by atoms with Crippen LogP contribution in [-0.4, -0.2) is 51.0 Å². The summed E-state index contributed by atoms with van der Waals surface area (Å²) in [5.41, 5.74) is 0.379. The van der Waals surface area contributed by atoms with Crippen molar-refractivity contribution in [2.45, 2.75) is 44.6 Å². The first-order chi connectivity index (χ1) is 13.5. The summed E-state index contributed by atoms with van der Waals surface area (Å²) in [4.78, 5) is 27.7. The number of hydrogen-bond donors (Lipinski definition) is 0. The molecule has 1 fully saturated rings. The van der Waals surface area contributed by atoms with Gasteiger partial charge >= 0.3 is 5.97 Å². The van der Waals surface area contributed by atoms with Gasteiger partial charge in [-0.3, -0.25) is 4.79 Å². The van der Waals surface area contributed by atoms with Gasteiger partial charge in [-0.15, -0.1) is 5.10 Å². The molecule has 2 aromatic rings. The van der Waals surface area contributed by atoms with E-state index >= 15 is 0 Å². The molecule has 0 bridgehead atoms. The molecule has 8 nitrogen and oxygen atoms in total. The second-order valence-electron chi connectivity index (χ2n) is 6.99. The van der Waals surface area contributed by atoms with Crippen LogP contribution in [0.3, 0.4) is 0 Å². The molecule has 146 valence electrons. The summed E-state index contributed by atoms with van der Waals surface area (Å²) in [6, 6.07) is 11.5. The Morgan fingerprint density at radius 3 is 2.54 bits per heavy atom. The van der Waals surface area contributed by atoms with Crippen LogP contribution in [0.5, 0.6) is 0 Å². The molecule has 1 aliphatic rings. The first kappa shape index (κ1) is 19.5. The third-order valence-electron chi connectivity index (χ3n) is 5.19. The predicted octanol–water partition coefficient (Wildman–Crippen LogP) is 2.42. The smallest absolute Gasteiger partial charge is 0.361 e. The molecule has 0 saturated heterocycles. The lowest BCUT2D eigenvalue weighted by Gasteiger charge is -2.38. The summed E-state index contributed by atoms with van der Waals surface area (Å²) in [7, 11) is 1.60. The Labute approximate surface area is 163 Å². The number of rotatable bonds is 5. The van der Waals surface area contributed by atoms with Gasteiger partial charge in [0.2, 0.25) is 0 Å². The van der Waals surface area contributed by atoms with Gasteiger partial charge in [0.05, 0.1) is 17.5 Å². The van der Waals surface area contributed by atoms with Crippen molar-refractivity contribution in [3.63, 3.8) is 0 Å². The fourth-order valence-corrected chi connectivity index (χ4v) is 3.43. The SMILES string of the molecule is Cc1nn(-c2ccccc2)nc1C(=O)OCC(=O)N(C)C1(C#N)CCCCC1. The van der Waals surface area contributed by atoms with Crippen LogP contribution in [0.25, 0.3) is 5.69 Å². The highest BCUT2D eigenvalue weighted by molar-refractivity contribution is 5.90. The number of nitriles is 1. The molecule has 8 heteroatoms. The summed E-state index contributed by atoms with van der Waals surface area (Å²) in [6.07, 6.45) is 4.17. The van der Waals surface area contributed by atoms with Crippen molar-refractivity contribution in [3.05, 3.63) is 41.7 Å². The lowest BCUT2D eigenvalue weighted by atomic mass is 9.81. The fraction of sp³-hybridized carbons (Fsp3) is 0.450. The van der Waals surface area contributed by atoms with Crippen LogP contribution < -0.4 is 0 Å². The summed E-state index contributed by atoms with van der Waals surface area (Å²) in [5, 5.41) is 18.0. The van der Waals surface area contributed by atoms with Gasteiger partial charge in [0.1, 0.15) is 5.54 Å². The number of para-hydroxylation sites is 1. The van der Waals surface area contributed by atoms with Crippen LogP contribution in [0.1, 0.15) is 48.3 Å². The van der Waals surface area contributed by atoms with Gasteiger partial charge in [-0.2, -0.15) is 15.2 Å². The van der Waals surface area contributed by atoms with Crippen LogP contribution in [0.2, 0.25) is 0 Å². The highest BCUT2D eigenvalue weighted by Gasteiger charge is 2.39. The van der Waals surface area contributed by atoms with Crippen molar-refractivity contribution in [1.29, 1.82) is 5.26 Å². The lowest BCUT2D eigenvalue weighted by molar-refractivity contribution is -0.138. The van der Waals surface area contributed by atoms with Gasteiger partial charge in [0.15, 0.2) is 12.3 Å². The molecular weight excluding hydrogens is 358 g/mol. The van der Waals surface area contributed by atoms with Crippen LogP contribution >= 0.6 is 0 Å². The molecule has 0 unspecified atom stereocenters. The van der Waals surface area contributed by atoms with Crippen molar-refractivity contribution in [3.8, 4) is 11.8 Å². The number of nitrogens with zero attached hydrogens (tertiary/aromatic N) is 5. The number of hydrogen-bond acceptors (Lipinski definition) is 6. The zero-order chi connectivity index (χ0) is 20.1. The molecule has 0 radical (unpaired) electrons. The Bertz CT molecular complexity index is 894. The highest BCUT2D eigenvalue weighted by atomic mass is 16.5. The van der Waals surface area contributed by atoms with Crippen molar-refractivity contribution in [2.75, 3.05) is 13.7 Å². The monoisotopic (exact) mass is 381 g/mol. The van der Waals surface area contributed by atoms with E-state index in [4.69, 9.17) is 4.74 Å². The number of carbonyl (C=O) groups is 2. The lowest BCUT2D eigenvalue weighted by Crippen LogP contribution is -2.51. The van der Waals surface area contributed by atoms with Crippen molar-refractivity contribution < 1.29 is 14.3 Å². The molecule has 1 heterocycles. The number of aromatic nitrogens is 3. The molecule has 28 heavy (non-hydrogen) atoms. The topological polar surface area (TPSA) is 101 Å². The molecule has 0 spiro atoms. The minimum Gasteiger partial charge on any atom is -0.451 e. The van der Waals surface area contributed by atoms with E-state index < -0.39 is 24.0 Å². The van der Waals surface area contributed by atoms with Crippen LogP contribution in [0.4, 0.5) is 0 Å². The standard InChI is InChI=1S/C20H23N5O3/c1-15-18(23-25(22-15)16-9-5-3-6-10-16)19(27)28-13-17(26)24(2)20(14-21)11-7-4-8-12-20/h3,5-6,9-10H,4,7-8,11-13H2,1-2H3.